The van der Waals surface area contributed by atoms with Crippen LogP contribution >= 0.6 is 0 Å². The molecule has 0 radical (unpaired) electrons. The summed E-state index contributed by atoms with van der Waals surface area (Å²) in [5, 5.41) is 7.58. The second-order valence-corrected chi connectivity index (χ2v) is 6.05. The lowest BCUT2D eigenvalue weighted by Crippen LogP contribution is -2.36. The third-order valence-electron chi connectivity index (χ3n) is 4.29. The molecule has 12 heteroatoms. The first-order chi connectivity index (χ1) is 13.2. The summed E-state index contributed by atoms with van der Waals surface area (Å²) >= 11 is 0. The number of para-hydroxylation sites is 1. The quantitative estimate of drug-likeness (QED) is 0.554. The largest absolute Gasteiger partial charge is 0.418 e. The smallest absolute Gasteiger partial charge is 0.331 e. The van der Waals surface area contributed by atoms with E-state index in [-0.39, 0.29) is 28.4 Å². The van der Waals surface area contributed by atoms with Gasteiger partial charge >= 0.3 is 11.9 Å². The predicted octanol–water partition coefficient (Wildman–Crippen LogP) is 1.23. The van der Waals surface area contributed by atoms with Gasteiger partial charge in [0.15, 0.2) is 11.5 Å². The van der Waals surface area contributed by atoms with Gasteiger partial charge in [0.1, 0.15) is 11.2 Å². The Morgan fingerprint density at radius 2 is 1.79 bits per heavy atom. The van der Waals surface area contributed by atoms with Crippen LogP contribution in [-0.2, 0) is 20.3 Å². The summed E-state index contributed by atoms with van der Waals surface area (Å²) in [7, 11) is 2.78. The van der Waals surface area contributed by atoms with Crippen molar-refractivity contribution in [2.24, 2.45) is 14.1 Å². The van der Waals surface area contributed by atoms with E-state index in [0.717, 1.165) is 15.3 Å². The lowest BCUT2D eigenvalue weighted by Gasteiger charge is -2.11. The van der Waals surface area contributed by atoms with Crippen molar-refractivity contribution in [3.8, 4) is 17.2 Å². The minimum atomic E-state index is -4.56. The van der Waals surface area contributed by atoms with Crippen molar-refractivity contribution < 1.29 is 13.2 Å². The van der Waals surface area contributed by atoms with Crippen molar-refractivity contribution in [1.82, 2.24) is 34.1 Å². The summed E-state index contributed by atoms with van der Waals surface area (Å²) in [4.78, 5) is 31.2. The van der Waals surface area contributed by atoms with Gasteiger partial charge in [-0.2, -0.15) is 13.2 Å². The van der Waals surface area contributed by atoms with Crippen LogP contribution in [-0.4, -0.2) is 34.1 Å². The average Bonchev–Trinajstić information content (AvgIpc) is 3.31. The molecular formula is C16H12F3N7O2. The van der Waals surface area contributed by atoms with Crippen LogP contribution in [0.1, 0.15) is 5.56 Å². The number of nitrogens with one attached hydrogen (secondary N) is 1. The minimum Gasteiger partial charge on any atom is -0.331 e. The van der Waals surface area contributed by atoms with Crippen LogP contribution in [0.25, 0.3) is 28.4 Å². The molecule has 0 saturated carbocycles. The van der Waals surface area contributed by atoms with Crippen molar-refractivity contribution in [2.45, 2.75) is 6.18 Å². The number of hydrogen-bond acceptors (Lipinski definition) is 5. The Kier molecular flexibility index (Phi) is 3.73. The Morgan fingerprint density at radius 1 is 1.07 bits per heavy atom. The van der Waals surface area contributed by atoms with Gasteiger partial charge < -0.3 is 4.98 Å². The van der Waals surface area contributed by atoms with Gasteiger partial charge in [-0.3, -0.25) is 13.9 Å². The first kappa shape index (κ1) is 17.7. The highest BCUT2D eigenvalue weighted by Gasteiger charge is 2.34. The van der Waals surface area contributed by atoms with Crippen molar-refractivity contribution in [1.29, 1.82) is 0 Å². The van der Waals surface area contributed by atoms with Gasteiger partial charge in [-0.25, -0.2) is 14.5 Å². The fourth-order valence-electron chi connectivity index (χ4n) is 2.85. The molecule has 3 aromatic heterocycles. The number of H-pyrrole nitrogens is 1. The van der Waals surface area contributed by atoms with Crippen LogP contribution < -0.4 is 11.2 Å². The molecule has 4 aromatic rings. The second kappa shape index (κ2) is 5.90. The highest BCUT2D eigenvalue weighted by molar-refractivity contribution is 5.74. The van der Waals surface area contributed by atoms with Gasteiger partial charge in [0.25, 0.3) is 5.56 Å². The second-order valence-electron chi connectivity index (χ2n) is 6.05. The van der Waals surface area contributed by atoms with E-state index >= 15 is 0 Å². The number of hydrogen-bond donors (Lipinski definition) is 1. The summed E-state index contributed by atoms with van der Waals surface area (Å²) in [6, 6.07) is 4.93. The molecule has 0 aliphatic carbocycles. The van der Waals surface area contributed by atoms with E-state index in [1.54, 1.807) is 0 Å². The van der Waals surface area contributed by atoms with E-state index in [1.807, 2.05) is 0 Å². The molecule has 0 spiro atoms. The summed E-state index contributed by atoms with van der Waals surface area (Å²) in [5.41, 5.74) is -1.91. The Bertz CT molecular complexity index is 1330. The highest BCUT2D eigenvalue weighted by atomic mass is 19.4. The average molecular weight is 391 g/mol. The van der Waals surface area contributed by atoms with Crippen molar-refractivity contribution in [3.63, 3.8) is 0 Å². The monoisotopic (exact) mass is 391 g/mol. The fourth-order valence-corrected chi connectivity index (χ4v) is 2.85. The Morgan fingerprint density at radius 3 is 2.50 bits per heavy atom. The zero-order valence-corrected chi connectivity index (χ0v) is 14.5. The third-order valence-corrected chi connectivity index (χ3v) is 4.29. The Balaban J connectivity index is 1.86. The Labute approximate surface area is 153 Å². The Hall–Kier alpha value is -3.70. The number of benzene rings is 1. The minimum absolute atomic E-state index is 0.0739. The normalized spacial score (nSPS) is 12.0. The summed E-state index contributed by atoms with van der Waals surface area (Å²) < 4.78 is 42.7. The number of nitrogens with zero attached hydrogens (tertiary/aromatic N) is 6. The number of aromatic nitrogens is 7. The van der Waals surface area contributed by atoms with Crippen LogP contribution in [0.5, 0.6) is 0 Å². The van der Waals surface area contributed by atoms with E-state index in [9.17, 15) is 22.8 Å². The molecule has 0 bridgehead atoms. The number of fused-ring (bicyclic) bond motifs is 1. The molecule has 144 valence electrons. The number of halogens is 3. The number of aryl methyl sites for hydroxylation is 1. The molecule has 1 N–H and O–H groups in total. The number of rotatable bonds is 2. The van der Waals surface area contributed by atoms with Crippen LogP contribution in [0.15, 0.2) is 40.1 Å². The van der Waals surface area contributed by atoms with Crippen molar-refractivity contribution >= 4 is 11.2 Å². The maximum atomic E-state index is 13.2. The van der Waals surface area contributed by atoms with Gasteiger partial charge in [-0.05, 0) is 12.1 Å². The third kappa shape index (κ3) is 2.61. The van der Waals surface area contributed by atoms with Gasteiger partial charge in [-0.15, -0.1) is 5.10 Å². The first-order valence-electron chi connectivity index (χ1n) is 7.93. The molecule has 3 heterocycles. The SMILES string of the molecule is Cn1c(=O)c2[nH]c(-c3cn(-c4ccccc4C(F)(F)F)nn3)nc2n(C)c1=O. The first-order valence-corrected chi connectivity index (χ1v) is 7.93. The lowest BCUT2D eigenvalue weighted by molar-refractivity contribution is -0.137. The molecule has 0 fully saturated rings. The zero-order valence-electron chi connectivity index (χ0n) is 14.5. The van der Waals surface area contributed by atoms with Gasteiger partial charge in [0.05, 0.1) is 17.4 Å². The molecule has 0 aliphatic heterocycles. The van der Waals surface area contributed by atoms with Crippen molar-refractivity contribution in [3.05, 3.63) is 56.9 Å². The number of alkyl halides is 3. The van der Waals surface area contributed by atoms with Gasteiger partial charge in [0.2, 0.25) is 0 Å². The molecule has 0 unspecified atom stereocenters. The van der Waals surface area contributed by atoms with Gasteiger partial charge in [0, 0.05) is 14.1 Å². The van der Waals surface area contributed by atoms with E-state index in [2.05, 4.69) is 20.3 Å². The standard InChI is InChI=1S/C16H12F3N7O2/c1-24-13-11(14(27)25(2)15(24)28)20-12(21-13)9-7-26(23-22-9)10-6-4-3-5-8(10)16(17,18)19/h3-7H,1-2H3,(H,20,21). The lowest BCUT2D eigenvalue weighted by atomic mass is 10.1. The van der Waals surface area contributed by atoms with Gasteiger partial charge in [-0.1, -0.05) is 17.3 Å². The molecule has 1 aromatic carbocycles. The maximum absolute atomic E-state index is 13.2. The maximum Gasteiger partial charge on any atom is 0.418 e. The molecule has 0 amide bonds. The fraction of sp³-hybridized carbons (Fsp3) is 0.188. The summed E-state index contributed by atoms with van der Waals surface area (Å²) in [5.74, 6) is 0.101. The van der Waals surface area contributed by atoms with E-state index in [4.69, 9.17) is 0 Å². The number of aromatic amines is 1. The van der Waals surface area contributed by atoms with E-state index < -0.39 is 23.0 Å². The van der Waals surface area contributed by atoms with Crippen LogP contribution in [0.3, 0.4) is 0 Å². The summed E-state index contributed by atoms with van der Waals surface area (Å²) in [6.45, 7) is 0. The predicted molar refractivity (Wildman–Crippen MR) is 91.9 cm³/mol. The van der Waals surface area contributed by atoms with E-state index in [0.29, 0.717) is 0 Å². The summed E-state index contributed by atoms with van der Waals surface area (Å²) in [6.07, 6.45) is -3.31. The molecule has 0 saturated heterocycles. The van der Waals surface area contributed by atoms with Crippen molar-refractivity contribution in [2.75, 3.05) is 0 Å². The van der Waals surface area contributed by atoms with Crippen LogP contribution in [0.2, 0.25) is 0 Å². The molecule has 0 atom stereocenters. The van der Waals surface area contributed by atoms with Crippen LogP contribution in [0, 0.1) is 0 Å². The molecule has 28 heavy (non-hydrogen) atoms. The number of imidazole rings is 1. The van der Waals surface area contributed by atoms with Crippen LogP contribution in [0.4, 0.5) is 13.2 Å². The van der Waals surface area contributed by atoms with E-state index in [1.165, 1.54) is 43.1 Å². The molecule has 0 aliphatic rings. The molecule has 4 rings (SSSR count). The zero-order chi connectivity index (χ0) is 20.2. The molecular weight excluding hydrogens is 379 g/mol. The highest BCUT2D eigenvalue weighted by Crippen LogP contribution is 2.33. The topological polar surface area (TPSA) is 103 Å². The molecule has 9 nitrogen and oxygen atoms in total.